The van der Waals surface area contributed by atoms with Crippen LogP contribution in [0.5, 0.6) is 11.5 Å². The fourth-order valence-electron chi connectivity index (χ4n) is 1.40. The highest BCUT2D eigenvalue weighted by molar-refractivity contribution is 8.13. The van der Waals surface area contributed by atoms with Crippen LogP contribution in [0.1, 0.15) is 25.8 Å². The van der Waals surface area contributed by atoms with Crippen LogP contribution in [0.15, 0.2) is 28.4 Å². The molecule has 0 aliphatic rings. The van der Waals surface area contributed by atoms with Gasteiger partial charge in [-0.3, -0.25) is 0 Å². The maximum atomic E-state index is 5.63. The van der Waals surface area contributed by atoms with Crippen LogP contribution in [0.2, 0.25) is 0 Å². The molecule has 0 saturated heterocycles. The summed E-state index contributed by atoms with van der Waals surface area (Å²) in [4.78, 5) is 0. The van der Waals surface area contributed by atoms with Crippen LogP contribution in [0.4, 0.5) is 0 Å². The van der Waals surface area contributed by atoms with E-state index in [0.29, 0.717) is 24.1 Å². The van der Waals surface area contributed by atoms with Crippen LogP contribution in [-0.2, 0) is 0 Å². The first kappa shape index (κ1) is 16.4. The van der Waals surface area contributed by atoms with E-state index in [1.165, 1.54) is 11.8 Å². The van der Waals surface area contributed by atoms with Gasteiger partial charge in [0.1, 0.15) is 0 Å². The van der Waals surface area contributed by atoms with Crippen molar-refractivity contribution in [2.75, 3.05) is 19.5 Å². The Kier molecular flexibility index (Phi) is 7.57. The van der Waals surface area contributed by atoms with E-state index >= 15 is 0 Å². The van der Waals surface area contributed by atoms with Crippen molar-refractivity contribution >= 4 is 23.1 Å². The van der Waals surface area contributed by atoms with E-state index in [1.54, 1.807) is 6.21 Å². The maximum absolute atomic E-state index is 5.63. The molecule has 0 aliphatic heterocycles. The van der Waals surface area contributed by atoms with Gasteiger partial charge in [0.15, 0.2) is 16.7 Å². The molecule has 5 nitrogen and oxygen atoms in total. The third kappa shape index (κ3) is 5.52. The van der Waals surface area contributed by atoms with Crippen LogP contribution in [0.25, 0.3) is 0 Å². The Hall–Kier alpha value is -1.69. The minimum absolute atomic E-state index is 0.425. The average Bonchev–Trinajstić information content (AvgIpc) is 2.46. The van der Waals surface area contributed by atoms with Crippen molar-refractivity contribution in [3.05, 3.63) is 23.8 Å². The number of ether oxygens (including phenoxy) is 2. The molecule has 1 aromatic carbocycles. The standard InChI is InChI=1S/C14H21N3O2S/c1-4-8-19-12-7-6-11(9-13(12)18-5-2)10-16-17-14(15)20-3/h6-7,9-10H,4-5,8H2,1-3H3,(H2,15,17)/b16-10-. The summed E-state index contributed by atoms with van der Waals surface area (Å²) in [5.74, 6) is 1.46. The molecule has 0 saturated carbocycles. The van der Waals surface area contributed by atoms with Gasteiger partial charge in [-0.1, -0.05) is 18.7 Å². The van der Waals surface area contributed by atoms with Gasteiger partial charge < -0.3 is 15.2 Å². The van der Waals surface area contributed by atoms with Gasteiger partial charge in [-0.05, 0) is 43.4 Å². The zero-order chi connectivity index (χ0) is 14.8. The van der Waals surface area contributed by atoms with Crippen LogP contribution >= 0.6 is 11.8 Å². The first-order chi connectivity index (χ1) is 9.71. The Morgan fingerprint density at radius 3 is 2.75 bits per heavy atom. The number of rotatable bonds is 7. The van der Waals surface area contributed by atoms with E-state index in [0.717, 1.165) is 17.7 Å². The molecule has 0 aromatic heterocycles. The molecule has 110 valence electrons. The van der Waals surface area contributed by atoms with Gasteiger partial charge in [-0.15, -0.1) is 5.10 Å². The molecule has 6 heteroatoms. The van der Waals surface area contributed by atoms with Gasteiger partial charge in [0.25, 0.3) is 0 Å². The summed E-state index contributed by atoms with van der Waals surface area (Å²) in [6.07, 6.45) is 4.44. The summed E-state index contributed by atoms with van der Waals surface area (Å²) >= 11 is 1.35. The SMILES string of the molecule is CCCOc1ccc(/C=N\N=C(/N)SC)cc1OCC. The normalized spacial score (nSPS) is 11.8. The molecular formula is C14H21N3O2S. The lowest BCUT2D eigenvalue weighted by atomic mass is 10.2. The van der Waals surface area contributed by atoms with E-state index < -0.39 is 0 Å². The quantitative estimate of drug-likeness (QED) is 0.477. The van der Waals surface area contributed by atoms with Gasteiger partial charge in [0.05, 0.1) is 19.4 Å². The first-order valence-electron chi connectivity index (χ1n) is 6.51. The fourth-order valence-corrected chi connectivity index (χ4v) is 1.53. The summed E-state index contributed by atoms with van der Waals surface area (Å²) in [5.41, 5.74) is 6.43. The molecule has 0 unspecified atom stereocenters. The lowest BCUT2D eigenvalue weighted by Crippen LogP contribution is -2.04. The number of hydrogen-bond donors (Lipinski definition) is 1. The van der Waals surface area contributed by atoms with E-state index in [9.17, 15) is 0 Å². The van der Waals surface area contributed by atoms with E-state index in [-0.39, 0.29) is 0 Å². The summed E-state index contributed by atoms with van der Waals surface area (Å²) < 4.78 is 11.2. The topological polar surface area (TPSA) is 69.2 Å². The molecule has 0 spiro atoms. The second kappa shape index (κ2) is 9.25. The molecule has 0 aliphatic carbocycles. The van der Waals surface area contributed by atoms with Crippen LogP contribution in [-0.4, -0.2) is 30.9 Å². The Morgan fingerprint density at radius 2 is 2.10 bits per heavy atom. The van der Waals surface area contributed by atoms with Gasteiger partial charge in [0, 0.05) is 0 Å². The van der Waals surface area contributed by atoms with Crippen molar-refractivity contribution < 1.29 is 9.47 Å². The summed E-state index contributed by atoms with van der Waals surface area (Å²) in [5, 5.41) is 8.19. The molecule has 1 rings (SSSR count). The number of amidine groups is 1. The summed E-state index contributed by atoms with van der Waals surface area (Å²) in [6, 6.07) is 5.66. The van der Waals surface area contributed by atoms with Crippen molar-refractivity contribution in [2.24, 2.45) is 15.9 Å². The molecule has 0 atom stereocenters. The molecular weight excluding hydrogens is 274 g/mol. The van der Waals surface area contributed by atoms with Gasteiger partial charge in [-0.25, -0.2) is 0 Å². The monoisotopic (exact) mass is 295 g/mol. The van der Waals surface area contributed by atoms with Crippen molar-refractivity contribution in [1.29, 1.82) is 0 Å². The molecule has 1 aromatic rings. The van der Waals surface area contributed by atoms with Crippen molar-refractivity contribution in [3.8, 4) is 11.5 Å². The van der Waals surface area contributed by atoms with Gasteiger partial charge in [0.2, 0.25) is 0 Å². The number of hydrogen-bond acceptors (Lipinski definition) is 5. The third-order valence-electron chi connectivity index (χ3n) is 2.30. The smallest absolute Gasteiger partial charge is 0.180 e. The fraction of sp³-hybridized carbons (Fsp3) is 0.429. The maximum Gasteiger partial charge on any atom is 0.180 e. The number of thioether (sulfide) groups is 1. The molecule has 0 radical (unpaired) electrons. The first-order valence-corrected chi connectivity index (χ1v) is 7.73. The zero-order valence-electron chi connectivity index (χ0n) is 12.1. The zero-order valence-corrected chi connectivity index (χ0v) is 12.9. The minimum Gasteiger partial charge on any atom is -0.490 e. The van der Waals surface area contributed by atoms with Crippen molar-refractivity contribution in [2.45, 2.75) is 20.3 Å². The Labute approximate surface area is 124 Å². The third-order valence-corrected chi connectivity index (χ3v) is 2.80. The van der Waals surface area contributed by atoms with Crippen LogP contribution < -0.4 is 15.2 Å². The predicted molar refractivity (Wildman–Crippen MR) is 86.1 cm³/mol. The summed E-state index contributed by atoms with van der Waals surface area (Å²) in [7, 11) is 0. The number of benzene rings is 1. The highest BCUT2D eigenvalue weighted by Gasteiger charge is 2.05. The van der Waals surface area contributed by atoms with Gasteiger partial charge >= 0.3 is 0 Å². The highest BCUT2D eigenvalue weighted by Crippen LogP contribution is 2.28. The molecule has 20 heavy (non-hydrogen) atoms. The molecule has 0 heterocycles. The van der Waals surface area contributed by atoms with Crippen LogP contribution in [0, 0.1) is 0 Å². The van der Waals surface area contributed by atoms with E-state index in [2.05, 4.69) is 17.1 Å². The Bertz CT molecular complexity index is 475. The minimum atomic E-state index is 0.425. The average molecular weight is 295 g/mol. The van der Waals surface area contributed by atoms with Crippen molar-refractivity contribution in [3.63, 3.8) is 0 Å². The lowest BCUT2D eigenvalue weighted by molar-refractivity contribution is 0.277. The highest BCUT2D eigenvalue weighted by atomic mass is 32.2. The van der Waals surface area contributed by atoms with E-state index in [1.807, 2.05) is 31.4 Å². The predicted octanol–water partition coefficient (Wildman–Crippen LogP) is 2.89. The Balaban J connectivity index is 2.86. The molecule has 0 bridgehead atoms. The second-order valence-electron chi connectivity index (χ2n) is 3.87. The number of nitrogens with two attached hydrogens (primary N) is 1. The van der Waals surface area contributed by atoms with Gasteiger partial charge in [-0.2, -0.15) is 5.10 Å². The molecule has 0 fully saturated rings. The molecule has 0 amide bonds. The summed E-state index contributed by atoms with van der Waals surface area (Å²) in [6.45, 7) is 5.26. The second-order valence-corrected chi connectivity index (χ2v) is 4.70. The lowest BCUT2D eigenvalue weighted by Gasteiger charge is -2.11. The van der Waals surface area contributed by atoms with E-state index in [4.69, 9.17) is 15.2 Å². The largest absolute Gasteiger partial charge is 0.490 e. The Morgan fingerprint density at radius 1 is 1.30 bits per heavy atom. The number of nitrogens with zero attached hydrogens (tertiary/aromatic N) is 2. The molecule has 2 N–H and O–H groups in total. The van der Waals surface area contributed by atoms with Crippen LogP contribution in [0.3, 0.4) is 0 Å². The van der Waals surface area contributed by atoms with Crippen molar-refractivity contribution in [1.82, 2.24) is 0 Å².